The van der Waals surface area contributed by atoms with E-state index in [-0.39, 0.29) is 0 Å². The normalized spacial score (nSPS) is 10.5. The lowest BCUT2D eigenvalue weighted by Crippen LogP contribution is -1.91. The molecule has 2 heteroatoms. The molecule has 0 saturated carbocycles. The van der Waals surface area contributed by atoms with E-state index in [4.69, 9.17) is 0 Å². The van der Waals surface area contributed by atoms with Crippen LogP contribution < -0.4 is 0 Å². The fraction of sp³-hybridized carbons (Fsp3) is 0.333. The summed E-state index contributed by atoms with van der Waals surface area (Å²) >= 11 is 6.89. The lowest BCUT2D eigenvalue weighted by molar-refractivity contribution is 1.13. The molecule has 0 atom stereocenters. The van der Waals surface area contributed by atoms with Crippen molar-refractivity contribution in [3.8, 4) is 0 Å². The Morgan fingerprint density at radius 2 is 1.73 bits per heavy atom. The highest BCUT2D eigenvalue weighted by molar-refractivity contribution is 9.24. The van der Waals surface area contributed by atoms with Gasteiger partial charge in [-0.05, 0) is 18.9 Å². The average molecular weight is 278 g/mol. The number of alkyl halides is 2. The Morgan fingerprint density at radius 1 is 1.18 bits per heavy atom. The Hall–Kier alpha value is 0.180. The Labute approximate surface area is 84.3 Å². The maximum atomic E-state index is 3.45. The molecule has 0 saturated heterocycles. The van der Waals surface area contributed by atoms with Crippen LogP contribution in [0.1, 0.15) is 11.1 Å². The Bertz CT molecular complexity index is 214. The minimum Gasteiger partial charge on any atom is -0.0761 e. The summed E-state index contributed by atoms with van der Waals surface area (Å²) in [5.74, 6) is 0. The first kappa shape index (κ1) is 9.27. The third-order valence-electron chi connectivity index (χ3n) is 1.51. The highest BCUT2D eigenvalue weighted by Crippen LogP contribution is 2.15. The van der Waals surface area contributed by atoms with E-state index in [1.807, 2.05) is 0 Å². The van der Waals surface area contributed by atoms with Gasteiger partial charge in [0, 0.05) is 0 Å². The third-order valence-corrected chi connectivity index (χ3v) is 2.16. The predicted octanol–water partition coefficient (Wildman–Crippen LogP) is 3.65. The molecule has 11 heavy (non-hydrogen) atoms. The summed E-state index contributed by atoms with van der Waals surface area (Å²) < 4.78 is 0.387. The summed E-state index contributed by atoms with van der Waals surface area (Å²) in [4.78, 5) is 0. The number of hydrogen-bond acceptors (Lipinski definition) is 0. The van der Waals surface area contributed by atoms with Crippen LogP contribution in [-0.4, -0.2) is 3.74 Å². The van der Waals surface area contributed by atoms with Gasteiger partial charge in [-0.15, -0.1) is 0 Å². The van der Waals surface area contributed by atoms with Crippen LogP contribution in [0.25, 0.3) is 0 Å². The molecule has 0 bridgehead atoms. The molecule has 1 aromatic rings. The van der Waals surface area contributed by atoms with E-state index in [2.05, 4.69) is 63.0 Å². The van der Waals surface area contributed by atoms with E-state index >= 15 is 0 Å². The largest absolute Gasteiger partial charge is 0.0761 e. The predicted molar refractivity (Wildman–Crippen MR) is 56.5 cm³/mol. The molecule has 0 unspecified atom stereocenters. The maximum Gasteiger partial charge on any atom is 0.0738 e. The van der Waals surface area contributed by atoms with Crippen molar-refractivity contribution in [2.24, 2.45) is 0 Å². The monoisotopic (exact) mass is 276 g/mol. The van der Waals surface area contributed by atoms with E-state index in [1.54, 1.807) is 0 Å². The molecule has 60 valence electrons. The van der Waals surface area contributed by atoms with E-state index in [0.717, 1.165) is 6.42 Å². The van der Waals surface area contributed by atoms with Gasteiger partial charge in [-0.2, -0.15) is 0 Å². The van der Waals surface area contributed by atoms with Crippen molar-refractivity contribution in [1.29, 1.82) is 0 Å². The quantitative estimate of drug-likeness (QED) is 0.724. The van der Waals surface area contributed by atoms with Gasteiger partial charge in [0.1, 0.15) is 0 Å². The van der Waals surface area contributed by atoms with Crippen LogP contribution in [0.3, 0.4) is 0 Å². The first-order chi connectivity index (χ1) is 5.18. The standard InChI is InChI=1S/C9H10Br2/c1-7-2-4-8(5-3-7)6-9(10)11/h2-5,9H,6H2,1H3. The average Bonchev–Trinajstić information content (AvgIpc) is 1.93. The van der Waals surface area contributed by atoms with Crippen LogP contribution in [0.5, 0.6) is 0 Å². The van der Waals surface area contributed by atoms with Crippen molar-refractivity contribution in [2.45, 2.75) is 17.1 Å². The molecule has 0 aromatic heterocycles. The van der Waals surface area contributed by atoms with Crippen LogP contribution in [-0.2, 0) is 6.42 Å². The van der Waals surface area contributed by atoms with Gasteiger partial charge in [-0.3, -0.25) is 0 Å². The van der Waals surface area contributed by atoms with E-state index in [9.17, 15) is 0 Å². The summed E-state index contributed by atoms with van der Waals surface area (Å²) in [5, 5.41) is 0. The van der Waals surface area contributed by atoms with Gasteiger partial charge in [-0.1, -0.05) is 61.7 Å². The summed E-state index contributed by atoms with van der Waals surface area (Å²) in [6, 6.07) is 8.59. The molecule has 0 heterocycles. The third kappa shape index (κ3) is 3.39. The smallest absolute Gasteiger partial charge is 0.0738 e. The van der Waals surface area contributed by atoms with Crippen molar-refractivity contribution in [3.05, 3.63) is 35.4 Å². The number of hydrogen-bond donors (Lipinski definition) is 0. The zero-order chi connectivity index (χ0) is 8.27. The molecule has 0 aliphatic rings. The molecule has 0 nitrogen and oxygen atoms in total. The highest BCUT2D eigenvalue weighted by atomic mass is 79.9. The summed E-state index contributed by atoms with van der Waals surface area (Å²) in [7, 11) is 0. The second kappa shape index (κ2) is 4.27. The second-order valence-electron chi connectivity index (χ2n) is 2.58. The van der Waals surface area contributed by atoms with Gasteiger partial charge in [0.25, 0.3) is 0 Å². The van der Waals surface area contributed by atoms with Crippen LogP contribution >= 0.6 is 31.9 Å². The maximum absolute atomic E-state index is 3.45. The molecule has 0 fully saturated rings. The van der Waals surface area contributed by atoms with E-state index in [0.29, 0.717) is 3.74 Å². The van der Waals surface area contributed by atoms with E-state index in [1.165, 1.54) is 11.1 Å². The zero-order valence-corrected chi connectivity index (χ0v) is 9.52. The van der Waals surface area contributed by atoms with Crippen LogP contribution in [0, 0.1) is 6.92 Å². The summed E-state index contributed by atoms with van der Waals surface area (Å²) in [6.07, 6.45) is 1.03. The molecule has 0 amide bonds. The molecule has 0 aliphatic carbocycles. The molecular formula is C9H10Br2. The SMILES string of the molecule is Cc1ccc(CC(Br)Br)cc1. The van der Waals surface area contributed by atoms with Crippen molar-refractivity contribution in [3.63, 3.8) is 0 Å². The zero-order valence-electron chi connectivity index (χ0n) is 6.35. The lowest BCUT2D eigenvalue weighted by Gasteiger charge is -2.01. The first-order valence-corrected chi connectivity index (χ1v) is 5.35. The van der Waals surface area contributed by atoms with Crippen molar-refractivity contribution >= 4 is 31.9 Å². The van der Waals surface area contributed by atoms with Crippen LogP contribution in [0.4, 0.5) is 0 Å². The first-order valence-electron chi connectivity index (χ1n) is 3.52. The van der Waals surface area contributed by atoms with Gasteiger partial charge in [0.2, 0.25) is 0 Å². The number of benzene rings is 1. The van der Waals surface area contributed by atoms with Gasteiger partial charge >= 0.3 is 0 Å². The molecule has 0 aliphatic heterocycles. The van der Waals surface area contributed by atoms with Crippen molar-refractivity contribution < 1.29 is 0 Å². The van der Waals surface area contributed by atoms with Crippen molar-refractivity contribution in [2.75, 3.05) is 0 Å². The van der Waals surface area contributed by atoms with Gasteiger partial charge in [0.15, 0.2) is 0 Å². The number of halogens is 2. The fourth-order valence-corrected chi connectivity index (χ4v) is 1.65. The van der Waals surface area contributed by atoms with Gasteiger partial charge < -0.3 is 0 Å². The number of rotatable bonds is 2. The van der Waals surface area contributed by atoms with E-state index < -0.39 is 0 Å². The van der Waals surface area contributed by atoms with Gasteiger partial charge in [0.05, 0.1) is 3.74 Å². The van der Waals surface area contributed by atoms with Crippen LogP contribution in [0.2, 0.25) is 0 Å². The minimum atomic E-state index is 0.387. The topological polar surface area (TPSA) is 0 Å². The Morgan fingerprint density at radius 3 is 2.18 bits per heavy atom. The fourth-order valence-electron chi connectivity index (χ4n) is 0.902. The summed E-state index contributed by atoms with van der Waals surface area (Å²) in [5.41, 5.74) is 2.67. The Balaban J connectivity index is 2.66. The molecule has 1 aromatic carbocycles. The summed E-state index contributed by atoms with van der Waals surface area (Å²) in [6.45, 7) is 2.10. The lowest BCUT2D eigenvalue weighted by atomic mass is 10.1. The minimum absolute atomic E-state index is 0.387. The molecule has 1 rings (SSSR count). The second-order valence-corrected chi connectivity index (χ2v) is 6.02. The van der Waals surface area contributed by atoms with Crippen LogP contribution in [0.15, 0.2) is 24.3 Å². The molecule has 0 spiro atoms. The van der Waals surface area contributed by atoms with Gasteiger partial charge in [-0.25, -0.2) is 0 Å². The molecule has 0 radical (unpaired) electrons. The Kier molecular flexibility index (Phi) is 3.60. The highest BCUT2D eigenvalue weighted by Gasteiger charge is 1.98. The van der Waals surface area contributed by atoms with Crippen molar-refractivity contribution in [1.82, 2.24) is 0 Å². The molecule has 0 N–H and O–H groups in total. The molecular weight excluding hydrogens is 268 g/mol. The number of aryl methyl sites for hydroxylation is 1.